The van der Waals surface area contributed by atoms with Crippen molar-refractivity contribution in [2.45, 2.75) is 5.38 Å². The summed E-state index contributed by atoms with van der Waals surface area (Å²) in [7, 11) is 1.72. The van der Waals surface area contributed by atoms with Gasteiger partial charge in [-0.15, -0.1) is 11.6 Å². The molecule has 0 saturated heterocycles. The van der Waals surface area contributed by atoms with Crippen LogP contribution in [0.2, 0.25) is 0 Å². The lowest BCUT2D eigenvalue weighted by molar-refractivity contribution is -0.107. The molecule has 0 aromatic heterocycles. The highest BCUT2D eigenvalue weighted by atomic mass is 35.5. The molecule has 1 atom stereocenters. The van der Waals surface area contributed by atoms with Crippen molar-refractivity contribution in [1.82, 2.24) is 10.9 Å². The first-order chi connectivity index (χ1) is 3.81. The van der Waals surface area contributed by atoms with Crippen LogP contribution in [0.3, 0.4) is 0 Å². The summed E-state index contributed by atoms with van der Waals surface area (Å²) in [6, 6.07) is 0. The van der Waals surface area contributed by atoms with Crippen LogP contribution in [0.4, 0.5) is 0 Å². The van der Waals surface area contributed by atoms with Gasteiger partial charge in [0.15, 0.2) is 0 Å². The number of rotatable bonds is 4. The monoisotopic (exact) mass is 136 g/mol. The summed E-state index contributed by atoms with van der Waals surface area (Å²) < 4.78 is 0. The molecule has 0 bridgehead atoms. The summed E-state index contributed by atoms with van der Waals surface area (Å²) in [5.41, 5.74) is 5.33. The number of carbonyl (C=O) groups is 1. The minimum Gasteiger partial charge on any atom is -0.302 e. The lowest BCUT2D eigenvalue weighted by Gasteiger charge is -2.00. The van der Waals surface area contributed by atoms with Crippen LogP contribution < -0.4 is 10.9 Å². The van der Waals surface area contributed by atoms with Crippen molar-refractivity contribution in [3.05, 3.63) is 0 Å². The summed E-state index contributed by atoms with van der Waals surface area (Å²) in [6.45, 7) is 0.460. The van der Waals surface area contributed by atoms with E-state index in [0.29, 0.717) is 12.8 Å². The molecule has 0 aromatic rings. The Morgan fingerprint density at radius 1 is 1.88 bits per heavy atom. The fourth-order valence-corrected chi connectivity index (χ4v) is 0.325. The first-order valence-electron chi connectivity index (χ1n) is 2.30. The van der Waals surface area contributed by atoms with Gasteiger partial charge in [0.05, 0.1) is 0 Å². The fourth-order valence-electron chi connectivity index (χ4n) is 0.248. The van der Waals surface area contributed by atoms with Crippen molar-refractivity contribution >= 4 is 17.9 Å². The van der Waals surface area contributed by atoms with Gasteiger partial charge in [0.1, 0.15) is 11.7 Å². The highest BCUT2D eigenvalue weighted by Crippen LogP contribution is 1.84. The molecule has 3 nitrogen and oxygen atoms in total. The number of alkyl halides is 1. The van der Waals surface area contributed by atoms with Crippen LogP contribution in [0.25, 0.3) is 0 Å². The molecular formula is C4H9ClN2O. The quantitative estimate of drug-likeness (QED) is 0.312. The van der Waals surface area contributed by atoms with Gasteiger partial charge in [-0.25, -0.2) is 0 Å². The summed E-state index contributed by atoms with van der Waals surface area (Å²) in [5, 5.41) is -0.428. The Kier molecular flexibility index (Phi) is 4.95. The van der Waals surface area contributed by atoms with E-state index in [1.807, 2.05) is 0 Å². The zero-order chi connectivity index (χ0) is 6.41. The Bertz CT molecular complexity index is 69.1. The Labute approximate surface area is 53.4 Å². The van der Waals surface area contributed by atoms with Gasteiger partial charge in [-0.05, 0) is 7.05 Å². The van der Waals surface area contributed by atoms with E-state index in [0.717, 1.165) is 0 Å². The summed E-state index contributed by atoms with van der Waals surface area (Å²) >= 11 is 5.37. The standard InChI is InChI=1S/C4H9ClN2O/c1-6-7-2-4(5)3-8/h3-4,6-7H,2H2,1H3. The lowest BCUT2D eigenvalue weighted by atomic mass is 10.5. The summed E-state index contributed by atoms with van der Waals surface area (Å²) in [6.07, 6.45) is 0.686. The average Bonchev–Trinajstić information content (AvgIpc) is 1.83. The van der Waals surface area contributed by atoms with Gasteiger partial charge in [-0.1, -0.05) is 0 Å². The minimum atomic E-state index is -0.428. The third-order valence-corrected chi connectivity index (χ3v) is 0.879. The molecule has 0 aliphatic heterocycles. The van der Waals surface area contributed by atoms with E-state index in [9.17, 15) is 4.79 Å². The number of carbonyl (C=O) groups excluding carboxylic acids is 1. The van der Waals surface area contributed by atoms with Gasteiger partial charge >= 0.3 is 0 Å². The number of hydrogen-bond donors (Lipinski definition) is 2. The van der Waals surface area contributed by atoms with E-state index < -0.39 is 5.38 Å². The van der Waals surface area contributed by atoms with Gasteiger partial charge in [-0.2, -0.15) is 0 Å². The Balaban J connectivity index is 2.98. The topological polar surface area (TPSA) is 41.1 Å². The smallest absolute Gasteiger partial charge is 0.139 e. The molecule has 0 fully saturated rings. The number of halogens is 1. The summed E-state index contributed by atoms with van der Waals surface area (Å²) in [4.78, 5) is 9.81. The van der Waals surface area contributed by atoms with Gasteiger partial charge in [0.2, 0.25) is 0 Å². The first-order valence-corrected chi connectivity index (χ1v) is 2.74. The Morgan fingerprint density at radius 3 is 2.88 bits per heavy atom. The van der Waals surface area contributed by atoms with Crippen LogP contribution in [0.5, 0.6) is 0 Å². The SMILES string of the molecule is CNNCC(Cl)C=O. The molecule has 2 N–H and O–H groups in total. The highest BCUT2D eigenvalue weighted by Gasteiger charge is 1.97. The maximum Gasteiger partial charge on any atom is 0.139 e. The molecule has 0 heterocycles. The predicted molar refractivity (Wildman–Crippen MR) is 32.8 cm³/mol. The van der Waals surface area contributed by atoms with Crippen molar-refractivity contribution in [2.75, 3.05) is 13.6 Å². The van der Waals surface area contributed by atoms with E-state index >= 15 is 0 Å². The molecule has 1 unspecified atom stereocenters. The maximum atomic E-state index is 9.81. The Morgan fingerprint density at radius 2 is 2.50 bits per heavy atom. The Hall–Kier alpha value is -0.120. The zero-order valence-corrected chi connectivity index (χ0v) is 5.40. The molecule has 0 radical (unpaired) electrons. The van der Waals surface area contributed by atoms with E-state index in [1.54, 1.807) is 7.05 Å². The van der Waals surface area contributed by atoms with Crippen LogP contribution in [0.15, 0.2) is 0 Å². The number of hydrogen-bond acceptors (Lipinski definition) is 3. The lowest BCUT2D eigenvalue weighted by Crippen LogP contribution is -2.33. The van der Waals surface area contributed by atoms with E-state index in [1.165, 1.54) is 0 Å². The second-order valence-corrected chi connectivity index (χ2v) is 1.84. The minimum absolute atomic E-state index is 0.428. The van der Waals surface area contributed by atoms with Gasteiger partial charge in [0.25, 0.3) is 0 Å². The zero-order valence-electron chi connectivity index (χ0n) is 4.65. The van der Waals surface area contributed by atoms with Gasteiger partial charge in [0, 0.05) is 6.54 Å². The van der Waals surface area contributed by atoms with Gasteiger partial charge in [-0.3, -0.25) is 10.9 Å². The van der Waals surface area contributed by atoms with Crippen LogP contribution >= 0.6 is 11.6 Å². The van der Waals surface area contributed by atoms with Crippen molar-refractivity contribution in [1.29, 1.82) is 0 Å². The molecule has 0 spiro atoms. The first kappa shape index (κ1) is 7.88. The molecule has 0 aliphatic carbocycles. The molecule has 0 saturated carbocycles. The van der Waals surface area contributed by atoms with E-state index in [2.05, 4.69) is 10.9 Å². The normalized spacial score (nSPS) is 13.2. The van der Waals surface area contributed by atoms with Crippen molar-refractivity contribution in [3.63, 3.8) is 0 Å². The highest BCUT2D eigenvalue weighted by molar-refractivity contribution is 6.27. The molecule has 0 aromatic carbocycles. The second kappa shape index (κ2) is 5.03. The number of nitrogens with one attached hydrogen (secondary N) is 2. The fraction of sp³-hybridized carbons (Fsp3) is 0.750. The third-order valence-electron chi connectivity index (χ3n) is 0.622. The third kappa shape index (κ3) is 4.05. The van der Waals surface area contributed by atoms with Crippen LogP contribution in [0.1, 0.15) is 0 Å². The van der Waals surface area contributed by atoms with Crippen LogP contribution in [-0.2, 0) is 4.79 Å². The largest absolute Gasteiger partial charge is 0.302 e. The molecule has 0 amide bonds. The van der Waals surface area contributed by atoms with Gasteiger partial charge < -0.3 is 4.79 Å². The molecule has 48 valence electrons. The molecular weight excluding hydrogens is 128 g/mol. The number of hydrazine groups is 1. The average molecular weight is 137 g/mol. The van der Waals surface area contributed by atoms with Crippen molar-refractivity contribution in [2.24, 2.45) is 0 Å². The van der Waals surface area contributed by atoms with Crippen LogP contribution in [0, 0.1) is 0 Å². The second-order valence-electron chi connectivity index (χ2n) is 1.28. The van der Waals surface area contributed by atoms with Crippen molar-refractivity contribution < 1.29 is 4.79 Å². The molecule has 8 heavy (non-hydrogen) atoms. The van der Waals surface area contributed by atoms with Crippen LogP contribution in [-0.4, -0.2) is 25.3 Å². The molecule has 4 heteroatoms. The predicted octanol–water partition coefficient (Wildman–Crippen LogP) is -0.483. The molecule has 0 aliphatic rings. The van der Waals surface area contributed by atoms with Crippen molar-refractivity contribution in [3.8, 4) is 0 Å². The maximum absolute atomic E-state index is 9.81. The number of aldehydes is 1. The van der Waals surface area contributed by atoms with E-state index in [-0.39, 0.29) is 0 Å². The molecule has 0 rings (SSSR count). The summed E-state index contributed by atoms with van der Waals surface area (Å²) in [5.74, 6) is 0. The van der Waals surface area contributed by atoms with E-state index in [4.69, 9.17) is 11.6 Å².